The molecular formula is C14H24N2. The Bertz CT molecular complexity index is 250. The van der Waals surface area contributed by atoms with Crippen LogP contribution in [0.1, 0.15) is 38.5 Å². The van der Waals surface area contributed by atoms with E-state index in [1.807, 2.05) is 0 Å². The van der Waals surface area contributed by atoms with Crippen molar-refractivity contribution in [2.24, 2.45) is 11.8 Å². The summed E-state index contributed by atoms with van der Waals surface area (Å²) in [7, 11) is 0. The van der Waals surface area contributed by atoms with E-state index in [1.165, 1.54) is 64.7 Å². The summed E-state index contributed by atoms with van der Waals surface area (Å²) < 4.78 is 0. The van der Waals surface area contributed by atoms with Gasteiger partial charge in [-0.1, -0.05) is 12.8 Å². The lowest BCUT2D eigenvalue weighted by Gasteiger charge is -2.36. The molecule has 16 heavy (non-hydrogen) atoms. The first-order valence-electron chi connectivity index (χ1n) is 7.41. The predicted molar refractivity (Wildman–Crippen MR) is 65.4 cm³/mol. The monoisotopic (exact) mass is 220 g/mol. The highest BCUT2D eigenvalue weighted by Crippen LogP contribution is 2.45. The van der Waals surface area contributed by atoms with Gasteiger partial charge in [-0.15, -0.1) is 0 Å². The Kier molecular flexibility index (Phi) is 2.29. The second kappa shape index (κ2) is 3.71. The average Bonchev–Trinajstić information content (AvgIpc) is 2.85. The zero-order chi connectivity index (χ0) is 10.5. The molecule has 4 heterocycles. The number of fused-ring (bicyclic) bond motifs is 5. The summed E-state index contributed by atoms with van der Waals surface area (Å²) in [4.78, 5) is 5.68. The molecule has 1 unspecified atom stereocenters. The van der Waals surface area contributed by atoms with Crippen molar-refractivity contribution in [1.29, 1.82) is 0 Å². The Hall–Kier alpha value is -0.0800. The fraction of sp³-hybridized carbons (Fsp3) is 1.00. The minimum Gasteiger partial charge on any atom is -0.300 e. The van der Waals surface area contributed by atoms with Gasteiger partial charge in [-0.2, -0.15) is 0 Å². The number of hydrogen-bond donors (Lipinski definition) is 0. The van der Waals surface area contributed by atoms with E-state index in [1.54, 1.807) is 0 Å². The largest absolute Gasteiger partial charge is 0.300 e. The van der Waals surface area contributed by atoms with Crippen LogP contribution in [0, 0.1) is 11.8 Å². The highest BCUT2D eigenvalue weighted by molar-refractivity contribution is 5.06. The third kappa shape index (κ3) is 1.32. The lowest BCUT2D eigenvalue weighted by Crippen LogP contribution is -2.43. The van der Waals surface area contributed by atoms with Crippen LogP contribution < -0.4 is 0 Å². The van der Waals surface area contributed by atoms with Gasteiger partial charge in [0.1, 0.15) is 0 Å². The molecule has 4 fully saturated rings. The second-order valence-corrected chi connectivity index (χ2v) is 6.44. The van der Waals surface area contributed by atoms with Crippen LogP contribution in [0.3, 0.4) is 0 Å². The Morgan fingerprint density at radius 1 is 0.625 bits per heavy atom. The number of nitrogens with zero attached hydrogens (tertiary/aromatic N) is 2. The molecular weight excluding hydrogens is 196 g/mol. The first kappa shape index (κ1) is 9.90. The van der Waals surface area contributed by atoms with Gasteiger partial charge in [0.25, 0.3) is 0 Å². The van der Waals surface area contributed by atoms with Gasteiger partial charge in [0.15, 0.2) is 0 Å². The molecule has 0 aromatic carbocycles. The fourth-order valence-corrected chi connectivity index (χ4v) is 5.08. The summed E-state index contributed by atoms with van der Waals surface area (Å²) in [5, 5.41) is 0. The van der Waals surface area contributed by atoms with Crippen molar-refractivity contribution in [3.63, 3.8) is 0 Å². The molecule has 0 amide bonds. The van der Waals surface area contributed by atoms with Gasteiger partial charge in [-0.05, 0) is 50.6 Å². The Labute approximate surface area is 99.0 Å². The van der Waals surface area contributed by atoms with Gasteiger partial charge in [-0.3, -0.25) is 9.80 Å². The molecule has 90 valence electrons. The van der Waals surface area contributed by atoms with E-state index >= 15 is 0 Å². The van der Waals surface area contributed by atoms with Crippen molar-refractivity contribution in [3.8, 4) is 0 Å². The van der Waals surface area contributed by atoms with Gasteiger partial charge in [-0.25, -0.2) is 0 Å². The topological polar surface area (TPSA) is 6.48 Å². The second-order valence-electron chi connectivity index (χ2n) is 6.44. The predicted octanol–water partition coefficient (Wildman–Crippen LogP) is 1.95. The molecule has 0 aromatic heterocycles. The van der Waals surface area contributed by atoms with Crippen LogP contribution in [0.4, 0.5) is 0 Å². The van der Waals surface area contributed by atoms with Gasteiger partial charge in [0, 0.05) is 25.2 Å². The fourth-order valence-electron chi connectivity index (χ4n) is 5.08. The van der Waals surface area contributed by atoms with Crippen molar-refractivity contribution >= 4 is 0 Å². The van der Waals surface area contributed by atoms with Crippen molar-refractivity contribution in [1.82, 2.24) is 9.80 Å². The molecule has 2 nitrogen and oxygen atoms in total. The van der Waals surface area contributed by atoms with E-state index in [2.05, 4.69) is 9.80 Å². The number of hydrogen-bond acceptors (Lipinski definition) is 2. The summed E-state index contributed by atoms with van der Waals surface area (Å²) in [6, 6.07) is 1.95. The molecule has 4 aliphatic rings. The SMILES string of the molecule is C1CCN2C[C@@H]3C(CN4CCCC[C@@H]34)[C@H]2C1. The summed E-state index contributed by atoms with van der Waals surface area (Å²) in [5.41, 5.74) is 0. The zero-order valence-corrected chi connectivity index (χ0v) is 10.3. The first-order valence-corrected chi connectivity index (χ1v) is 7.41. The minimum atomic E-state index is 0.976. The summed E-state index contributed by atoms with van der Waals surface area (Å²) in [6.45, 7) is 5.70. The quantitative estimate of drug-likeness (QED) is 0.616. The highest BCUT2D eigenvalue weighted by Gasteiger charge is 2.52. The van der Waals surface area contributed by atoms with Crippen molar-refractivity contribution in [3.05, 3.63) is 0 Å². The molecule has 0 radical (unpaired) electrons. The molecule has 0 aliphatic carbocycles. The minimum absolute atomic E-state index is 0.976. The molecule has 0 N–H and O–H groups in total. The van der Waals surface area contributed by atoms with Crippen molar-refractivity contribution in [2.45, 2.75) is 50.6 Å². The van der Waals surface area contributed by atoms with Crippen molar-refractivity contribution in [2.75, 3.05) is 26.2 Å². The lowest BCUT2D eigenvalue weighted by molar-refractivity contribution is 0.123. The van der Waals surface area contributed by atoms with Gasteiger partial charge in [0.05, 0.1) is 0 Å². The number of rotatable bonds is 0. The zero-order valence-electron chi connectivity index (χ0n) is 10.3. The van der Waals surface area contributed by atoms with E-state index in [-0.39, 0.29) is 0 Å². The van der Waals surface area contributed by atoms with Crippen LogP contribution >= 0.6 is 0 Å². The van der Waals surface area contributed by atoms with Crippen LogP contribution in [0.2, 0.25) is 0 Å². The molecule has 0 spiro atoms. The average molecular weight is 220 g/mol. The van der Waals surface area contributed by atoms with Crippen LogP contribution in [0.5, 0.6) is 0 Å². The number of piperidine rings is 2. The lowest BCUT2D eigenvalue weighted by atomic mass is 9.85. The van der Waals surface area contributed by atoms with Crippen molar-refractivity contribution < 1.29 is 0 Å². The third-order valence-electron chi connectivity index (χ3n) is 5.76. The summed E-state index contributed by atoms with van der Waals surface area (Å²) >= 11 is 0. The molecule has 4 atom stereocenters. The Morgan fingerprint density at radius 3 is 1.62 bits per heavy atom. The Balaban J connectivity index is 1.57. The maximum absolute atomic E-state index is 2.84. The van der Waals surface area contributed by atoms with E-state index in [0.29, 0.717) is 0 Å². The molecule has 4 saturated heterocycles. The molecule has 4 aliphatic heterocycles. The Morgan fingerprint density at radius 2 is 1.12 bits per heavy atom. The maximum Gasteiger partial charge on any atom is 0.0140 e. The van der Waals surface area contributed by atoms with E-state index in [4.69, 9.17) is 0 Å². The first-order chi connectivity index (χ1) is 7.93. The van der Waals surface area contributed by atoms with E-state index in [9.17, 15) is 0 Å². The van der Waals surface area contributed by atoms with Gasteiger partial charge >= 0.3 is 0 Å². The molecule has 0 aromatic rings. The summed E-state index contributed by atoms with van der Waals surface area (Å²) in [6.07, 6.45) is 8.92. The molecule has 2 heteroatoms. The molecule has 4 rings (SSSR count). The summed E-state index contributed by atoms with van der Waals surface area (Å²) in [5.74, 6) is 2.09. The smallest absolute Gasteiger partial charge is 0.0140 e. The normalized spacial score (nSPS) is 48.8. The molecule has 0 bridgehead atoms. The van der Waals surface area contributed by atoms with Crippen LogP contribution in [-0.4, -0.2) is 48.1 Å². The van der Waals surface area contributed by atoms with E-state index in [0.717, 1.165) is 23.9 Å². The van der Waals surface area contributed by atoms with Gasteiger partial charge < -0.3 is 0 Å². The standard InChI is InChI=1S/C14H24N2/c1-3-7-15-10-12-11(13(15)5-1)9-16-8-4-2-6-14(12)16/h11-14H,1-10H2/t11-,12?,13+,14-/m1/s1. The van der Waals surface area contributed by atoms with Crippen LogP contribution in [0.25, 0.3) is 0 Å². The maximum atomic E-state index is 2.84. The van der Waals surface area contributed by atoms with Crippen LogP contribution in [0.15, 0.2) is 0 Å². The highest BCUT2D eigenvalue weighted by atomic mass is 15.3. The van der Waals surface area contributed by atoms with Gasteiger partial charge in [0.2, 0.25) is 0 Å². The molecule has 0 saturated carbocycles. The third-order valence-corrected chi connectivity index (χ3v) is 5.76. The van der Waals surface area contributed by atoms with E-state index < -0.39 is 0 Å². The van der Waals surface area contributed by atoms with Crippen LogP contribution in [-0.2, 0) is 0 Å².